The smallest absolute Gasteiger partial charge is 0.337 e. The van der Waals surface area contributed by atoms with Gasteiger partial charge in [0.1, 0.15) is 0 Å². The average molecular weight is 263 g/mol. The molecule has 1 aromatic rings. The van der Waals surface area contributed by atoms with Crippen LogP contribution in [0.3, 0.4) is 0 Å². The molecule has 104 valence electrons. The maximum absolute atomic E-state index is 11.3. The van der Waals surface area contributed by atoms with E-state index in [0.717, 1.165) is 19.5 Å². The first-order valence-corrected chi connectivity index (χ1v) is 6.54. The molecule has 1 aromatic carbocycles. The number of nitrogen functional groups attached to an aromatic ring is 1. The van der Waals surface area contributed by atoms with E-state index in [4.69, 9.17) is 5.73 Å². The minimum absolute atomic E-state index is 0.267. The van der Waals surface area contributed by atoms with E-state index in [1.165, 1.54) is 6.42 Å². The molecule has 5 heteroatoms. The lowest BCUT2D eigenvalue weighted by Crippen LogP contribution is -2.37. The molecule has 0 spiro atoms. The summed E-state index contributed by atoms with van der Waals surface area (Å²) in [4.78, 5) is 15.6. The summed E-state index contributed by atoms with van der Waals surface area (Å²) in [6, 6.07) is 5.49. The molecule has 1 heterocycles. The first-order valence-electron chi connectivity index (χ1n) is 6.54. The second-order valence-electron chi connectivity index (χ2n) is 5.21. The number of para-hydroxylation sites is 1. The van der Waals surface area contributed by atoms with Crippen LogP contribution in [0.15, 0.2) is 18.2 Å². The fraction of sp³-hybridized carbons (Fsp3) is 0.500. The Bertz CT molecular complexity index is 476. The van der Waals surface area contributed by atoms with Gasteiger partial charge in [-0.05, 0) is 38.6 Å². The number of benzene rings is 1. The predicted octanol–water partition coefficient (Wildman–Crippen LogP) is 1.50. The number of carbonyl (C=O) groups is 1. The molecule has 1 fully saturated rings. The molecule has 1 saturated heterocycles. The first kappa shape index (κ1) is 13.7. The summed E-state index contributed by atoms with van der Waals surface area (Å²) in [6.07, 6.45) is 2.35. The summed E-state index contributed by atoms with van der Waals surface area (Å²) in [5.74, 6) is -0.936. The van der Waals surface area contributed by atoms with Gasteiger partial charge < -0.3 is 20.6 Å². The van der Waals surface area contributed by atoms with E-state index >= 15 is 0 Å². The zero-order valence-electron chi connectivity index (χ0n) is 11.5. The molecule has 1 aliphatic heterocycles. The highest BCUT2D eigenvalue weighted by Gasteiger charge is 2.24. The maximum atomic E-state index is 11.3. The van der Waals surface area contributed by atoms with Crippen LogP contribution in [0.2, 0.25) is 0 Å². The summed E-state index contributed by atoms with van der Waals surface area (Å²) in [7, 11) is 4.02. The van der Waals surface area contributed by atoms with Crippen molar-refractivity contribution < 1.29 is 9.90 Å². The number of hydrogen-bond acceptors (Lipinski definition) is 4. The second-order valence-corrected chi connectivity index (χ2v) is 5.21. The lowest BCUT2D eigenvalue weighted by atomic mass is 10.1. The van der Waals surface area contributed by atoms with Gasteiger partial charge in [-0.15, -0.1) is 0 Å². The summed E-state index contributed by atoms with van der Waals surface area (Å²) in [5.41, 5.74) is 7.35. The van der Waals surface area contributed by atoms with Crippen molar-refractivity contribution in [3.8, 4) is 0 Å². The Kier molecular flexibility index (Phi) is 3.95. The minimum atomic E-state index is -0.936. The van der Waals surface area contributed by atoms with Gasteiger partial charge in [-0.25, -0.2) is 4.79 Å². The number of likely N-dealkylation sites (tertiary alicyclic amines) is 1. The molecule has 0 saturated carbocycles. The monoisotopic (exact) mass is 263 g/mol. The van der Waals surface area contributed by atoms with E-state index in [2.05, 4.69) is 11.9 Å². The predicted molar refractivity (Wildman–Crippen MR) is 76.7 cm³/mol. The van der Waals surface area contributed by atoms with Crippen LogP contribution in [0.25, 0.3) is 0 Å². The van der Waals surface area contributed by atoms with E-state index in [1.54, 1.807) is 18.2 Å². The normalized spacial score (nSPS) is 19.6. The minimum Gasteiger partial charge on any atom is -0.478 e. The number of carboxylic acids is 1. The van der Waals surface area contributed by atoms with E-state index in [9.17, 15) is 9.90 Å². The quantitative estimate of drug-likeness (QED) is 0.806. The standard InChI is InChI=1S/C14H21N3O2/c1-16-8-4-5-10(16)9-17(2)13-11(14(18)19)6-3-7-12(13)15/h3,6-7,10H,4-5,8-9,15H2,1-2H3,(H,18,19). The lowest BCUT2D eigenvalue weighted by molar-refractivity contribution is 0.0697. The third-order valence-corrected chi connectivity index (χ3v) is 3.84. The van der Waals surface area contributed by atoms with Crippen LogP contribution in [0.1, 0.15) is 23.2 Å². The number of hydrogen-bond donors (Lipinski definition) is 2. The highest BCUT2D eigenvalue weighted by atomic mass is 16.4. The van der Waals surface area contributed by atoms with Crippen LogP contribution >= 0.6 is 0 Å². The number of anilines is 2. The molecule has 1 atom stereocenters. The van der Waals surface area contributed by atoms with Gasteiger partial charge in [0.2, 0.25) is 0 Å². The molecule has 0 aromatic heterocycles. The first-order chi connectivity index (χ1) is 9.00. The summed E-state index contributed by atoms with van der Waals surface area (Å²) in [6.45, 7) is 1.90. The van der Waals surface area contributed by atoms with Gasteiger partial charge in [0.25, 0.3) is 0 Å². The van der Waals surface area contributed by atoms with E-state index in [0.29, 0.717) is 17.4 Å². The lowest BCUT2D eigenvalue weighted by Gasteiger charge is -2.29. The van der Waals surface area contributed by atoms with Crippen LogP contribution in [-0.2, 0) is 0 Å². The molecule has 3 N–H and O–H groups in total. The maximum Gasteiger partial charge on any atom is 0.337 e. The van der Waals surface area contributed by atoms with Gasteiger partial charge in [0, 0.05) is 19.6 Å². The molecule has 2 rings (SSSR count). The van der Waals surface area contributed by atoms with E-state index in [-0.39, 0.29) is 5.56 Å². The van der Waals surface area contributed by atoms with Crippen LogP contribution in [0, 0.1) is 0 Å². The molecular weight excluding hydrogens is 242 g/mol. The van der Waals surface area contributed by atoms with Crippen LogP contribution in [0.4, 0.5) is 11.4 Å². The molecule has 0 radical (unpaired) electrons. The van der Waals surface area contributed by atoms with E-state index < -0.39 is 5.97 Å². The summed E-state index contributed by atoms with van der Waals surface area (Å²) < 4.78 is 0. The Morgan fingerprint density at radius 1 is 1.58 bits per heavy atom. The van der Waals surface area contributed by atoms with Crippen molar-refractivity contribution >= 4 is 17.3 Å². The number of aromatic carboxylic acids is 1. The largest absolute Gasteiger partial charge is 0.478 e. The van der Waals surface area contributed by atoms with Crippen molar-refractivity contribution in [1.29, 1.82) is 0 Å². The topological polar surface area (TPSA) is 69.8 Å². The van der Waals surface area contributed by atoms with Crippen molar-refractivity contribution in [2.24, 2.45) is 0 Å². The number of nitrogens with two attached hydrogens (primary N) is 1. The van der Waals surface area contributed by atoms with Crippen LogP contribution in [0.5, 0.6) is 0 Å². The fourth-order valence-corrected chi connectivity index (χ4v) is 2.78. The molecule has 19 heavy (non-hydrogen) atoms. The second kappa shape index (κ2) is 5.48. The number of carboxylic acid groups (broad SMARTS) is 1. The molecule has 1 aliphatic rings. The highest BCUT2D eigenvalue weighted by molar-refractivity contribution is 5.97. The van der Waals surface area contributed by atoms with Gasteiger partial charge in [0.15, 0.2) is 0 Å². The van der Waals surface area contributed by atoms with Crippen molar-refractivity contribution in [3.63, 3.8) is 0 Å². The SMILES string of the molecule is CN(CC1CCCN1C)c1c(N)cccc1C(=O)O. The molecule has 0 amide bonds. The van der Waals surface area contributed by atoms with Gasteiger partial charge in [0.05, 0.1) is 16.9 Å². The highest BCUT2D eigenvalue weighted by Crippen LogP contribution is 2.28. The molecular formula is C14H21N3O2. The zero-order chi connectivity index (χ0) is 14.0. The third-order valence-electron chi connectivity index (χ3n) is 3.84. The van der Waals surface area contributed by atoms with Gasteiger partial charge in [-0.1, -0.05) is 6.07 Å². The summed E-state index contributed by atoms with van der Waals surface area (Å²) in [5, 5.41) is 9.26. The van der Waals surface area contributed by atoms with Crippen molar-refractivity contribution in [2.45, 2.75) is 18.9 Å². The fourth-order valence-electron chi connectivity index (χ4n) is 2.78. The van der Waals surface area contributed by atoms with E-state index in [1.807, 2.05) is 11.9 Å². The van der Waals surface area contributed by atoms with Crippen LogP contribution in [-0.4, -0.2) is 49.2 Å². The number of likely N-dealkylation sites (N-methyl/N-ethyl adjacent to an activating group) is 2. The number of nitrogens with zero attached hydrogens (tertiary/aromatic N) is 2. The molecule has 1 unspecified atom stereocenters. The van der Waals surface area contributed by atoms with Gasteiger partial charge in [-0.3, -0.25) is 0 Å². The Morgan fingerprint density at radius 2 is 2.32 bits per heavy atom. The summed E-state index contributed by atoms with van der Waals surface area (Å²) >= 11 is 0. The Labute approximate surface area is 113 Å². The third kappa shape index (κ3) is 2.81. The Hall–Kier alpha value is -1.75. The zero-order valence-corrected chi connectivity index (χ0v) is 11.5. The Morgan fingerprint density at radius 3 is 2.89 bits per heavy atom. The van der Waals surface area contributed by atoms with Gasteiger partial charge >= 0.3 is 5.97 Å². The number of rotatable bonds is 4. The van der Waals surface area contributed by atoms with Crippen molar-refractivity contribution in [2.75, 3.05) is 37.8 Å². The van der Waals surface area contributed by atoms with Crippen molar-refractivity contribution in [3.05, 3.63) is 23.8 Å². The van der Waals surface area contributed by atoms with Gasteiger partial charge in [-0.2, -0.15) is 0 Å². The Balaban J connectivity index is 2.23. The molecule has 0 bridgehead atoms. The molecule has 5 nitrogen and oxygen atoms in total. The van der Waals surface area contributed by atoms with Crippen molar-refractivity contribution in [1.82, 2.24) is 4.90 Å². The van der Waals surface area contributed by atoms with Crippen LogP contribution < -0.4 is 10.6 Å². The average Bonchev–Trinajstić information content (AvgIpc) is 2.74. The molecule has 0 aliphatic carbocycles.